The van der Waals surface area contributed by atoms with Crippen LogP contribution in [0.5, 0.6) is 0 Å². The number of carbonyl (C=O) groups is 1. The van der Waals surface area contributed by atoms with Crippen LogP contribution >= 0.6 is 0 Å². The van der Waals surface area contributed by atoms with Gasteiger partial charge in [-0.05, 0) is 43.0 Å². The molecule has 1 aliphatic heterocycles. The minimum atomic E-state index is -0.231. The Labute approximate surface area is 107 Å². The van der Waals surface area contributed by atoms with E-state index in [0.29, 0.717) is 6.54 Å². The maximum atomic E-state index is 12.8. The molecule has 0 aromatic heterocycles. The number of carbonyl (C=O) groups excluding carboxylic acids is 1. The third-order valence-electron chi connectivity index (χ3n) is 3.40. The first-order valence-corrected chi connectivity index (χ1v) is 6.43. The van der Waals surface area contributed by atoms with E-state index in [9.17, 15) is 9.18 Å². The van der Waals surface area contributed by atoms with Crippen LogP contribution in [0.3, 0.4) is 0 Å². The van der Waals surface area contributed by atoms with Gasteiger partial charge in [-0.15, -0.1) is 0 Å². The predicted molar refractivity (Wildman–Crippen MR) is 68.8 cm³/mol. The van der Waals surface area contributed by atoms with Crippen molar-refractivity contribution >= 4 is 5.91 Å². The minimum absolute atomic E-state index is 0.0367. The minimum Gasteiger partial charge on any atom is -0.354 e. The zero-order valence-electron chi connectivity index (χ0n) is 10.6. The van der Waals surface area contributed by atoms with Crippen molar-refractivity contribution in [1.29, 1.82) is 0 Å². The summed E-state index contributed by atoms with van der Waals surface area (Å²) in [5.41, 5.74) is 1.04. The van der Waals surface area contributed by atoms with Gasteiger partial charge in [0.1, 0.15) is 5.82 Å². The lowest BCUT2D eigenvalue weighted by Crippen LogP contribution is -2.41. The lowest BCUT2D eigenvalue weighted by molar-refractivity contribution is -0.122. The van der Waals surface area contributed by atoms with Gasteiger partial charge in [-0.2, -0.15) is 0 Å². The van der Waals surface area contributed by atoms with Crippen LogP contribution in [0.4, 0.5) is 4.39 Å². The average molecular weight is 250 g/mol. The van der Waals surface area contributed by atoms with E-state index in [4.69, 9.17) is 0 Å². The Hall–Kier alpha value is -1.42. The second kappa shape index (κ2) is 5.96. The maximum absolute atomic E-state index is 12.8. The lowest BCUT2D eigenvalue weighted by atomic mass is 10.0. The van der Waals surface area contributed by atoms with Crippen molar-refractivity contribution in [3.05, 3.63) is 35.6 Å². The molecule has 1 fully saturated rings. The Bertz CT molecular complexity index is 399. The summed E-state index contributed by atoms with van der Waals surface area (Å²) in [6, 6.07) is 6.39. The molecule has 2 N–H and O–H groups in total. The van der Waals surface area contributed by atoms with Crippen molar-refractivity contribution in [3.8, 4) is 0 Å². The van der Waals surface area contributed by atoms with E-state index in [1.807, 2.05) is 6.92 Å². The SMILES string of the molecule is CC(CNC(=O)C1CCCN1)c1ccc(F)cc1. The van der Waals surface area contributed by atoms with Gasteiger partial charge in [0.2, 0.25) is 5.91 Å². The first kappa shape index (κ1) is 13.0. The predicted octanol–water partition coefficient (Wildman–Crippen LogP) is 1.80. The highest BCUT2D eigenvalue weighted by Crippen LogP contribution is 2.14. The summed E-state index contributed by atoms with van der Waals surface area (Å²) in [7, 11) is 0. The molecule has 2 atom stereocenters. The largest absolute Gasteiger partial charge is 0.354 e. The lowest BCUT2D eigenvalue weighted by Gasteiger charge is -2.15. The first-order chi connectivity index (χ1) is 8.66. The zero-order chi connectivity index (χ0) is 13.0. The molecule has 0 aliphatic carbocycles. The summed E-state index contributed by atoms with van der Waals surface area (Å²) >= 11 is 0. The molecule has 4 heteroatoms. The molecular weight excluding hydrogens is 231 g/mol. The van der Waals surface area contributed by atoms with Gasteiger partial charge in [0, 0.05) is 6.54 Å². The van der Waals surface area contributed by atoms with Crippen LogP contribution in [-0.4, -0.2) is 25.0 Å². The van der Waals surface area contributed by atoms with Crippen molar-refractivity contribution in [2.75, 3.05) is 13.1 Å². The van der Waals surface area contributed by atoms with Crippen LogP contribution in [0, 0.1) is 5.82 Å². The van der Waals surface area contributed by atoms with Crippen LogP contribution in [0.1, 0.15) is 31.2 Å². The third-order valence-corrected chi connectivity index (χ3v) is 3.40. The molecule has 0 saturated carbocycles. The molecule has 0 spiro atoms. The molecule has 1 saturated heterocycles. The molecule has 98 valence electrons. The Morgan fingerprint density at radius 1 is 1.50 bits per heavy atom. The first-order valence-electron chi connectivity index (χ1n) is 6.43. The maximum Gasteiger partial charge on any atom is 0.237 e. The average Bonchev–Trinajstić information content (AvgIpc) is 2.90. The molecule has 1 aliphatic rings. The number of hydrogen-bond acceptors (Lipinski definition) is 2. The normalized spacial score (nSPS) is 20.7. The fraction of sp³-hybridized carbons (Fsp3) is 0.500. The van der Waals surface area contributed by atoms with E-state index in [0.717, 1.165) is 24.9 Å². The summed E-state index contributed by atoms with van der Waals surface area (Å²) in [5, 5.41) is 6.11. The number of nitrogens with one attached hydrogen (secondary N) is 2. The van der Waals surface area contributed by atoms with Gasteiger partial charge >= 0.3 is 0 Å². The van der Waals surface area contributed by atoms with Crippen molar-refractivity contribution < 1.29 is 9.18 Å². The van der Waals surface area contributed by atoms with E-state index < -0.39 is 0 Å². The van der Waals surface area contributed by atoms with Crippen LogP contribution in [0.15, 0.2) is 24.3 Å². The zero-order valence-corrected chi connectivity index (χ0v) is 10.6. The molecule has 18 heavy (non-hydrogen) atoms. The van der Waals surface area contributed by atoms with Crippen LogP contribution in [0.25, 0.3) is 0 Å². The van der Waals surface area contributed by atoms with Crippen molar-refractivity contribution in [3.63, 3.8) is 0 Å². The van der Waals surface area contributed by atoms with Gasteiger partial charge in [-0.25, -0.2) is 4.39 Å². The van der Waals surface area contributed by atoms with Gasteiger partial charge in [-0.1, -0.05) is 19.1 Å². The monoisotopic (exact) mass is 250 g/mol. The number of halogens is 1. The Kier molecular flexibility index (Phi) is 4.31. The van der Waals surface area contributed by atoms with Gasteiger partial charge in [0.05, 0.1) is 6.04 Å². The number of amides is 1. The highest BCUT2D eigenvalue weighted by molar-refractivity contribution is 5.82. The van der Waals surface area contributed by atoms with E-state index in [1.54, 1.807) is 12.1 Å². The second-order valence-corrected chi connectivity index (χ2v) is 4.85. The standard InChI is InChI=1S/C14H19FN2O/c1-10(11-4-6-12(15)7-5-11)9-17-14(18)13-3-2-8-16-13/h4-7,10,13,16H,2-3,8-9H2,1H3,(H,17,18). The molecular formula is C14H19FN2O. The van der Waals surface area contributed by atoms with Crippen molar-refractivity contribution in [1.82, 2.24) is 10.6 Å². The van der Waals surface area contributed by atoms with Gasteiger partial charge in [0.15, 0.2) is 0 Å². The molecule has 1 heterocycles. The highest BCUT2D eigenvalue weighted by Gasteiger charge is 2.21. The molecule has 1 amide bonds. The summed E-state index contributed by atoms with van der Waals surface area (Å²) in [6.07, 6.45) is 1.97. The Balaban J connectivity index is 1.82. The number of hydrogen-bond donors (Lipinski definition) is 2. The quantitative estimate of drug-likeness (QED) is 0.855. The summed E-state index contributed by atoms with van der Waals surface area (Å²) in [4.78, 5) is 11.8. The molecule has 3 nitrogen and oxygen atoms in total. The summed E-state index contributed by atoms with van der Waals surface area (Å²) in [5.74, 6) is 0.0301. The molecule has 0 bridgehead atoms. The number of rotatable bonds is 4. The topological polar surface area (TPSA) is 41.1 Å². The van der Waals surface area contributed by atoms with Crippen molar-refractivity contribution in [2.45, 2.75) is 31.7 Å². The molecule has 0 radical (unpaired) electrons. The fourth-order valence-electron chi connectivity index (χ4n) is 2.19. The van der Waals surface area contributed by atoms with Crippen molar-refractivity contribution in [2.24, 2.45) is 0 Å². The smallest absolute Gasteiger partial charge is 0.237 e. The molecule has 1 aromatic rings. The van der Waals surface area contributed by atoms with Crippen LogP contribution in [0.2, 0.25) is 0 Å². The summed E-state index contributed by atoms with van der Waals surface area (Å²) in [6.45, 7) is 3.53. The number of benzene rings is 1. The molecule has 1 aromatic carbocycles. The summed E-state index contributed by atoms with van der Waals surface area (Å²) < 4.78 is 12.8. The van der Waals surface area contributed by atoms with Gasteiger partial charge in [0.25, 0.3) is 0 Å². The Morgan fingerprint density at radius 2 is 2.22 bits per heavy atom. The van der Waals surface area contributed by atoms with E-state index in [1.165, 1.54) is 12.1 Å². The second-order valence-electron chi connectivity index (χ2n) is 4.85. The highest BCUT2D eigenvalue weighted by atomic mass is 19.1. The fourth-order valence-corrected chi connectivity index (χ4v) is 2.19. The Morgan fingerprint density at radius 3 is 2.83 bits per heavy atom. The third kappa shape index (κ3) is 3.29. The molecule has 2 unspecified atom stereocenters. The van der Waals surface area contributed by atoms with E-state index in [-0.39, 0.29) is 23.7 Å². The molecule has 2 rings (SSSR count). The van der Waals surface area contributed by atoms with Gasteiger partial charge in [-0.3, -0.25) is 4.79 Å². The van der Waals surface area contributed by atoms with E-state index in [2.05, 4.69) is 10.6 Å². The van der Waals surface area contributed by atoms with Crippen LogP contribution < -0.4 is 10.6 Å². The van der Waals surface area contributed by atoms with E-state index >= 15 is 0 Å². The van der Waals surface area contributed by atoms with Crippen LogP contribution in [-0.2, 0) is 4.79 Å². The van der Waals surface area contributed by atoms with Gasteiger partial charge < -0.3 is 10.6 Å².